The van der Waals surface area contributed by atoms with Gasteiger partial charge in [0.2, 0.25) is 0 Å². The number of rotatable bonds is 13. The zero-order chi connectivity index (χ0) is 12.8. The van der Waals surface area contributed by atoms with Crippen LogP contribution in [-0.2, 0) is 0 Å². The molecule has 1 heteroatoms. The van der Waals surface area contributed by atoms with Crippen LogP contribution in [0.25, 0.3) is 0 Å². The van der Waals surface area contributed by atoms with E-state index in [1.165, 1.54) is 83.8 Å². The fourth-order valence-electron chi connectivity index (χ4n) is 2.31. The molecule has 0 aromatic heterocycles. The Labute approximate surface area is 110 Å². The van der Waals surface area contributed by atoms with Crippen molar-refractivity contribution < 1.29 is 0 Å². The van der Waals surface area contributed by atoms with Gasteiger partial charge in [0.1, 0.15) is 0 Å². The normalized spacial score (nSPS) is 11.3. The van der Waals surface area contributed by atoms with Gasteiger partial charge in [-0.2, -0.15) is 0 Å². The van der Waals surface area contributed by atoms with E-state index < -0.39 is 0 Å². The third-order valence-corrected chi connectivity index (χ3v) is 3.60. The average Bonchev–Trinajstić information content (AvgIpc) is 2.36. The summed E-state index contributed by atoms with van der Waals surface area (Å²) in [6.07, 6.45) is 14.1. The molecule has 0 aliphatic rings. The van der Waals surface area contributed by atoms with Crippen molar-refractivity contribution in [1.82, 2.24) is 4.90 Å². The molecule has 0 N–H and O–H groups in total. The highest BCUT2D eigenvalue weighted by Gasteiger charge is 2.01. The summed E-state index contributed by atoms with van der Waals surface area (Å²) in [6.45, 7) is 10.8. The largest absolute Gasteiger partial charge is 0.304 e. The predicted molar refractivity (Wildman–Crippen MR) is 79.6 cm³/mol. The fraction of sp³-hybridized carbons (Fsp3) is 1.00. The van der Waals surface area contributed by atoms with E-state index in [1.807, 2.05) is 0 Å². The van der Waals surface area contributed by atoms with Gasteiger partial charge in [0.05, 0.1) is 0 Å². The van der Waals surface area contributed by atoms with Gasteiger partial charge in [0.25, 0.3) is 0 Å². The highest BCUT2D eigenvalue weighted by molar-refractivity contribution is 4.56. The Morgan fingerprint density at radius 1 is 0.529 bits per heavy atom. The quantitative estimate of drug-likeness (QED) is 0.398. The lowest BCUT2D eigenvalue weighted by atomic mass is 10.1. The van der Waals surface area contributed by atoms with Crippen molar-refractivity contribution in [3.05, 3.63) is 0 Å². The van der Waals surface area contributed by atoms with Crippen LogP contribution in [0.1, 0.15) is 85.0 Å². The second-order valence-corrected chi connectivity index (χ2v) is 5.26. The van der Waals surface area contributed by atoms with Crippen LogP contribution in [0.15, 0.2) is 0 Å². The minimum Gasteiger partial charge on any atom is -0.304 e. The van der Waals surface area contributed by atoms with E-state index >= 15 is 0 Å². The minimum atomic E-state index is 1.24. The maximum atomic E-state index is 2.64. The summed E-state index contributed by atoms with van der Waals surface area (Å²) in [5.74, 6) is 0. The molecule has 0 aromatic carbocycles. The number of unbranched alkanes of at least 4 members (excludes halogenated alkanes) is 8. The molecule has 0 bridgehead atoms. The van der Waals surface area contributed by atoms with E-state index in [0.29, 0.717) is 0 Å². The number of hydrogen-bond acceptors (Lipinski definition) is 1. The molecule has 0 aromatic rings. The number of nitrogens with zero attached hydrogens (tertiary/aromatic N) is 1. The molecule has 0 aliphatic heterocycles. The standard InChI is InChI=1S/C16H35N/c1-4-7-9-11-13-15-17(6-3)16-14-12-10-8-5-2/h4-16H2,1-3H3. The summed E-state index contributed by atoms with van der Waals surface area (Å²) < 4.78 is 0. The molecular weight excluding hydrogens is 206 g/mol. The first kappa shape index (κ1) is 17.0. The lowest BCUT2D eigenvalue weighted by molar-refractivity contribution is 0.273. The minimum absolute atomic E-state index is 1.24. The van der Waals surface area contributed by atoms with Crippen LogP contribution >= 0.6 is 0 Å². The van der Waals surface area contributed by atoms with Crippen molar-refractivity contribution in [2.45, 2.75) is 85.0 Å². The smallest absolute Gasteiger partial charge is 0.00189 e. The topological polar surface area (TPSA) is 3.24 Å². The molecule has 0 unspecified atom stereocenters. The molecule has 1 nitrogen and oxygen atoms in total. The van der Waals surface area contributed by atoms with Crippen LogP contribution < -0.4 is 0 Å². The van der Waals surface area contributed by atoms with Gasteiger partial charge in [0, 0.05) is 0 Å². The van der Waals surface area contributed by atoms with Gasteiger partial charge in [-0.05, 0) is 32.5 Å². The number of hydrogen-bond donors (Lipinski definition) is 0. The van der Waals surface area contributed by atoms with Crippen LogP contribution in [0.4, 0.5) is 0 Å². The Hall–Kier alpha value is -0.0400. The van der Waals surface area contributed by atoms with Gasteiger partial charge in [-0.1, -0.05) is 72.1 Å². The Morgan fingerprint density at radius 3 is 1.29 bits per heavy atom. The van der Waals surface area contributed by atoms with Crippen LogP contribution in [0.5, 0.6) is 0 Å². The van der Waals surface area contributed by atoms with E-state index in [-0.39, 0.29) is 0 Å². The lowest BCUT2D eigenvalue weighted by Gasteiger charge is -2.20. The Kier molecular flexibility index (Phi) is 14.0. The molecule has 0 aliphatic carbocycles. The first-order valence-electron chi connectivity index (χ1n) is 8.07. The van der Waals surface area contributed by atoms with Crippen molar-refractivity contribution >= 4 is 0 Å². The lowest BCUT2D eigenvalue weighted by Crippen LogP contribution is -2.25. The van der Waals surface area contributed by atoms with E-state index in [9.17, 15) is 0 Å². The Morgan fingerprint density at radius 2 is 0.941 bits per heavy atom. The van der Waals surface area contributed by atoms with Gasteiger partial charge < -0.3 is 4.90 Å². The first-order valence-corrected chi connectivity index (χ1v) is 8.07. The van der Waals surface area contributed by atoms with Crippen molar-refractivity contribution in [1.29, 1.82) is 0 Å². The molecule has 0 rings (SSSR count). The first-order chi connectivity index (χ1) is 8.35. The fourth-order valence-corrected chi connectivity index (χ4v) is 2.31. The molecule has 0 atom stereocenters. The van der Waals surface area contributed by atoms with Gasteiger partial charge in [-0.3, -0.25) is 0 Å². The highest BCUT2D eigenvalue weighted by atomic mass is 15.1. The SMILES string of the molecule is CCCCCCCN(CC)CCCCCCC. The highest BCUT2D eigenvalue weighted by Crippen LogP contribution is 2.06. The molecule has 0 heterocycles. The summed E-state index contributed by atoms with van der Waals surface area (Å²) in [6, 6.07) is 0. The third kappa shape index (κ3) is 12.2. The predicted octanol–water partition coefficient (Wildman–Crippen LogP) is 5.25. The molecular formula is C16H35N. The van der Waals surface area contributed by atoms with Gasteiger partial charge in [0.15, 0.2) is 0 Å². The van der Waals surface area contributed by atoms with Gasteiger partial charge in [-0.25, -0.2) is 0 Å². The summed E-state index contributed by atoms with van der Waals surface area (Å²) >= 11 is 0. The maximum Gasteiger partial charge on any atom is -0.00189 e. The summed E-state index contributed by atoms with van der Waals surface area (Å²) in [5, 5.41) is 0. The Balaban J connectivity index is 3.30. The third-order valence-electron chi connectivity index (χ3n) is 3.60. The van der Waals surface area contributed by atoms with E-state index in [4.69, 9.17) is 0 Å². The van der Waals surface area contributed by atoms with Crippen molar-refractivity contribution in [3.8, 4) is 0 Å². The van der Waals surface area contributed by atoms with Gasteiger partial charge in [-0.15, -0.1) is 0 Å². The monoisotopic (exact) mass is 241 g/mol. The second kappa shape index (κ2) is 14.0. The summed E-state index contributed by atoms with van der Waals surface area (Å²) in [4.78, 5) is 2.64. The molecule has 0 spiro atoms. The van der Waals surface area contributed by atoms with Crippen molar-refractivity contribution in [3.63, 3.8) is 0 Å². The van der Waals surface area contributed by atoms with E-state index in [1.54, 1.807) is 0 Å². The molecule has 0 radical (unpaired) electrons. The molecule has 104 valence electrons. The van der Waals surface area contributed by atoms with Crippen molar-refractivity contribution in [2.75, 3.05) is 19.6 Å². The van der Waals surface area contributed by atoms with Crippen LogP contribution in [0.3, 0.4) is 0 Å². The maximum absolute atomic E-state index is 2.64. The van der Waals surface area contributed by atoms with Crippen LogP contribution in [-0.4, -0.2) is 24.5 Å². The van der Waals surface area contributed by atoms with Crippen LogP contribution in [0.2, 0.25) is 0 Å². The summed E-state index contributed by atoms with van der Waals surface area (Å²) in [7, 11) is 0. The average molecular weight is 241 g/mol. The summed E-state index contributed by atoms with van der Waals surface area (Å²) in [5.41, 5.74) is 0. The van der Waals surface area contributed by atoms with Crippen LogP contribution in [0, 0.1) is 0 Å². The molecule has 0 fully saturated rings. The zero-order valence-electron chi connectivity index (χ0n) is 12.6. The second-order valence-electron chi connectivity index (χ2n) is 5.26. The molecule has 0 amide bonds. The van der Waals surface area contributed by atoms with Crippen molar-refractivity contribution in [2.24, 2.45) is 0 Å². The van der Waals surface area contributed by atoms with E-state index in [0.717, 1.165) is 0 Å². The molecule has 0 saturated carbocycles. The van der Waals surface area contributed by atoms with E-state index in [2.05, 4.69) is 25.7 Å². The zero-order valence-corrected chi connectivity index (χ0v) is 12.6. The van der Waals surface area contributed by atoms with Gasteiger partial charge >= 0.3 is 0 Å². The molecule has 17 heavy (non-hydrogen) atoms. The Bertz CT molecular complexity index is 119. The molecule has 0 saturated heterocycles.